The van der Waals surface area contributed by atoms with Gasteiger partial charge in [0.1, 0.15) is 0 Å². The summed E-state index contributed by atoms with van der Waals surface area (Å²) < 4.78 is 0. The third-order valence-electron chi connectivity index (χ3n) is 2.62. The molecule has 8 nitrogen and oxygen atoms in total. The Hall–Kier alpha value is -2.38. The maximum Gasteiger partial charge on any atom is 0.312 e. The Kier molecular flexibility index (Phi) is 5.04. The van der Waals surface area contributed by atoms with E-state index in [4.69, 9.17) is 10.9 Å². The summed E-state index contributed by atoms with van der Waals surface area (Å²) in [4.78, 5) is 16.5. The van der Waals surface area contributed by atoms with E-state index in [1.807, 2.05) is 18.7 Å². The summed E-state index contributed by atoms with van der Waals surface area (Å²) in [5, 5.41) is 22.5. The number of amidine groups is 1. The van der Waals surface area contributed by atoms with Crippen LogP contribution < -0.4 is 10.6 Å². The van der Waals surface area contributed by atoms with Crippen molar-refractivity contribution in [3.05, 3.63) is 27.9 Å². The molecule has 0 aliphatic rings. The Labute approximate surface area is 110 Å². The third kappa shape index (κ3) is 3.30. The summed E-state index contributed by atoms with van der Waals surface area (Å²) in [6.45, 7) is 5.18. The molecule has 0 saturated carbocycles. The van der Waals surface area contributed by atoms with Gasteiger partial charge in [0.25, 0.3) is 0 Å². The number of nitro groups is 1. The minimum absolute atomic E-state index is 0.153. The highest BCUT2D eigenvalue weighted by Crippen LogP contribution is 2.26. The number of nitrogens with zero attached hydrogens (tertiary/aromatic N) is 4. The Bertz CT molecular complexity index is 489. The zero-order valence-corrected chi connectivity index (χ0v) is 10.9. The van der Waals surface area contributed by atoms with E-state index in [-0.39, 0.29) is 17.1 Å². The molecule has 0 amide bonds. The Morgan fingerprint density at radius 1 is 1.63 bits per heavy atom. The zero-order chi connectivity index (χ0) is 14.4. The molecule has 104 valence electrons. The molecule has 0 saturated heterocycles. The number of oxime groups is 1. The van der Waals surface area contributed by atoms with Crippen LogP contribution in [-0.2, 0) is 0 Å². The molecule has 1 aromatic heterocycles. The predicted octanol–water partition coefficient (Wildman–Crippen LogP) is 1.32. The van der Waals surface area contributed by atoms with E-state index >= 15 is 0 Å². The summed E-state index contributed by atoms with van der Waals surface area (Å²) in [6, 6.07) is 1.26. The smallest absolute Gasteiger partial charge is 0.312 e. The number of nitrogens with two attached hydrogens (primary N) is 1. The minimum atomic E-state index is -0.519. The molecule has 3 N–H and O–H groups in total. The second kappa shape index (κ2) is 6.53. The van der Waals surface area contributed by atoms with Gasteiger partial charge >= 0.3 is 5.69 Å². The number of pyridine rings is 1. The summed E-state index contributed by atoms with van der Waals surface area (Å²) in [6.07, 6.45) is 2.21. The lowest BCUT2D eigenvalue weighted by Crippen LogP contribution is -2.26. The van der Waals surface area contributed by atoms with E-state index in [9.17, 15) is 10.1 Å². The molecule has 0 spiro atoms. The molecule has 0 bridgehead atoms. The number of hydrogen-bond donors (Lipinski definition) is 2. The highest BCUT2D eigenvalue weighted by molar-refractivity contribution is 5.97. The van der Waals surface area contributed by atoms with Crippen molar-refractivity contribution in [3.63, 3.8) is 0 Å². The van der Waals surface area contributed by atoms with Crippen LogP contribution in [-0.4, -0.2) is 34.0 Å². The average molecular weight is 267 g/mol. The molecular weight excluding hydrogens is 250 g/mol. The van der Waals surface area contributed by atoms with Crippen molar-refractivity contribution in [1.82, 2.24) is 4.98 Å². The quantitative estimate of drug-likeness (QED) is 0.264. The van der Waals surface area contributed by atoms with E-state index in [0.29, 0.717) is 18.9 Å². The van der Waals surface area contributed by atoms with Crippen LogP contribution in [0.2, 0.25) is 0 Å². The fourth-order valence-corrected chi connectivity index (χ4v) is 1.71. The second-order valence-electron chi connectivity index (χ2n) is 3.89. The first-order chi connectivity index (χ1) is 9.04. The van der Waals surface area contributed by atoms with E-state index in [0.717, 1.165) is 6.42 Å². The largest absolute Gasteiger partial charge is 0.409 e. The number of aromatic nitrogens is 1. The van der Waals surface area contributed by atoms with E-state index in [2.05, 4.69) is 10.1 Å². The number of rotatable bonds is 6. The Morgan fingerprint density at radius 2 is 2.32 bits per heavy atom. The SMILES string of the molecule is CCCN(CC)c1ncc(C(N)=NO)cc1[N+](=O)[O-]. The van der Waals surface area contributed by atoms with Gasteiger partial charge in [-0.1, -0.05) is 12.1 Å². The second-order valence-corrected chi connectivity index (χ2v) is 3.89. The minimum Gasteiger partial charge on any atom is -0.409 e. The zero-order valence-electron chi connectivity index (χ0n) is 10.9. The predicted molar refractivity (Wildman–Crippen MR) is 71.6 cm³/mol. The lowest BCUT2D eigenvalue weighted by atomic mass is 10.2. The van der Waals surface area contributed by atoms with Crippen LogP contribution in [0.25, 0.3) is 0 Å². The molecule has 0 fully saturated rings. The molecule has 0 atom stereocenters. The molecule has 0 unspecified atom stereocenters. The van der Waals surface area contributed by atoms with Crippen molar-refractivity contribution in [3.8, 4) is 0 Å². The van der Waals surface area contributed by atoms with Crippen LogP contribution in [0.3, 0.4) is 0 Å². The van der Waals surface area contributed by atoms with Gasteiger partial charge in [-0.3, -0.25) is 10.1 Å². The van der Waals surface area contributed by atoms with Crippen molar-refractivity contribution in [2.75, 3.05) is 18.0 Å². The lowest BCUT2D eigenvalue weighted by molar-refractivity contribution is -0.384. The van der Waals surface area contributed by atoms with Crippen LogP contribution in [0.1, 0.15) is 25.8 Å². The monoisotopic (exact) mass is 267 g/mol. The summed E-state index contributed by atoms with van der Waals surface area (Å²) in [5.74, 6) is 0.0875. The maximum atomic E-state index is 11.1. The van der Waals surface area contributed by atoms with Crippen LogP contribution in [0.15, 0.2) is 17.4 Å². The van der Waals surface area contributed by atoms with Crippen molar-refractivity contribution >= 4 is 17.3 Å². The normalized spacial score (nSPS) is 11.4. The van der Waals surface area contributed by atoms with Gasteiger partial charge in [0.15, 0.2) is 5.84 Å². The summed E-state index contributed by atoms with van der Waals surface area (Å²) >= 11 is 0. The van der Waals surface area contributed by atoms with Crippen LogP contribution >= 0.6 is 0 Å². The Balaban J connectivity index is 3.29. The fraction of sp³-hybridized carbons (Fsp3) is 0.455. The first-order valence-corrected chi connectivity index (χ1v) is 5.92. The molecule has 1 rings (SSSR count). The van der Waals surface area contributed by atoms with Gasteiger partial charge < -0.3 is 15.8 Å². The van der Waals surface area contributed by atoms with Crippen molar-refractivity contribution in [2.45, 2.75) is 20.3 Å². The first kappa shape index (κ1) is 14.7. The van der Waals surface area contributed by atoms with Crippen LogP contribution in [0, 0.1) is 10.1 Å². The number of hydrogen-bond acceptors (Lipinski definition) is 6. The summed E-state index contributed by atoms with van der Waals surface area (Å²) in [5.41, 5.74) is 5.46. The molecule has 8 heteroatoms. The molecule has 0 aliphatic heterocycles. The van der Waals surface area contributed by atoms with Crippen LogP contribution in [0.4, 0.5) is 11.5 Å². The molecule has 1 aromatic rings. The molecule has 1 heterocycles. The summed E-state index contributed by atoms with van der Waals surface area (Å²) in [7, 11) is 0. The molecule has 19 heavy (non-hydrogen) atoms. The van der Waals surface area contributed by atoms with Crippen molar-refractivity contribution in [1.29, 1.82) is 0 Å². The third-order valence-corrected chi connectivity index (χ3v) is 2.62. The van der Waals surface area contributed by atoms with E-state index < -0.39 is 4.92 Å². The maximum absolute atomic E-state index is 11.1. The van der Waals surface area contributed by atoms with Gasteiger partial charge in [0.05, 0.1) is 4.92 Å². The van der Waals surface area contributed by atoms with Gasteiger partial charge in [0, 0.05) is 30.9 Å². The van der Waals surface area contributed by atoms with Gasteiger partial charge in [-0.2, -0.15) is 0 Å². The van der Waals surface area contributed by atoms with E-state index in [1.54, 1.807) is 0 Å². The van der Waals surface area contributed by atoms with Crippen LogP contribution in [0.5, 0.6) is 0 Å². The molecule has 0 aliphatic carbocycles. The van der Waals surface area contributed by atoms with Crippen molar-refractivity contribution in [2.24, 2.45) is 10.9 Å². The molecular formula is C11H17N5O3. The van der Waals surface area contributed by atoms with E-state index in [1.165, 1.54) is 12.3 Å². The number of anilines is 1. The lowest BCUT2D eigenvalue weighted by Gasteiger charge is -2.20. The van der Waals surface area contributed by atoms with Gasteiger partial charge in [-0.05, 0) is 13.3 Å². The standard InChI is InChI=1S/C11H17N5O3/c1-3-5-15(4-2)11-9(16(18)19)6-8(7-13-11)10(12)14-17/h6-7,17H,3-5H2,1-2H3,(H2,12,14). The van der Waals surface area contributed by atoms with Gasteiger partial charge in [-0.25, -0.2) is 4.98 Å². The molecule has 0 aromatic carbocycles. The van der Waals surface area contributed by atoms with Crippen molar-refractivity contribution < 1.29 is 10.1 Å². The highest BCUT2D eigenvalue weighted by atomic mass is 16.6. The van der Waals surface area contributed by atoms with Gasteiger partial charge in [-0.15, -0.1) is 0 Å². The topological polar surface area (TPSA) is 118 Å². The average Bonchev–Trinajstić information content (AvgIpc) is 2.43. The fourth-order valence-electron chi connectivity index (χ4n) is 1.71. The Morgan fingerprint density at radius 3 is 2.79 bits per heavy atom. The highest BCUT2D eigenvalue weighted by Gasteiger charge is 2.21. The molecule has 0 radical (unpaired) electrons. The first-order valence-electron chi connectivity index (χ1n) is 5.92. The van der Waals surface area contributed by atoms with Gasteiger partial charge in [0.2, 0.25) is 5.82 Å².